The molecule has 1 aliphatic heterocycles. The third kappa shape index (κ3) is 4.80. The van der Waals surface area contributed by atoms with Crippen molar-refractivity contribution >= 4 is 31.7 Å². The van der Waals surface area contributed by atoms with Gasteiger partial charge in [-0.1, -0.05) is 36.7 Å². The number of amides is 1. The minimum atomic E-state index is -3.27. The Morgan fingerprint density at radius 1 is 1.17 bits per heavy atom. The zero-order valence-electron chi connectivity index (χ0n) is 13.9. The molecule has 0 radical (unpaired) electrons. The highest BCUT2D eigenvalue weighted by molar-refractivity contribution is 9.10. The van der Waals surface area contributed by atoms with Gasteiger partial charge in [-0.2, -0.15) is 0 Å². The lowest BCUT2D eigenvalue weighted by Crippen LogP contribution is -2.44. The lowest BCUT2D eigenvalue weighted by molar-refractivity contribution is -0.140. The van der Waals surface area contributed by atoms with E-state index in [9.17, 15) is 13.2 Å². The van der Waals surface area contributed by atoms with Crippen LogP contribution in [0.25, 0.3) is 0 Å². The number of carbonyl (C=O) groups is 1. The van der Waals surface area contributed by atoms with Crippen molar-refractivity contribution in [2.75, 3.05) is 18.8 Å². The van der Waals surface area contributed by atoms with Crippen LogP contribution in [-0.4, -0.2) is 38.1 Å². The van der Waals surface area contributed by atoms with Crippen molar-refractivity contribution in [2.45, 2.75) is 38.5 Å². The first-order valence-electron chi connectivity index (χ1n) is 7.87. The number of likely N-dealkylation sites (tertiary alicyclic amines) is 1. The smallest absolute Gasteiger partial charge is 0.227 e. The number of halogens is 1. The number of sulfone groups is 1. The maximum atomic E-state index is 12.5. The molecule has 1 saturated heterocycles. The zero-order valence-corrected chi connectivity index (χ0v) is 16.3. The highest BCUT2D eigenvalue weighted by Gasteiger charge is 2.32. The highest BCUT2D eigenvalue weighted by Crippen LogP contribution is 2.26. The fourth-order valence-corrected chi connectivity index (χ4v) is 4.79. The zero-order chi connectivity index (χ0) is 17.3. The lowest BCUT2D eigenvalue weighted by atomic mass is 9.91. The molecule has 0 atom stereocenters. The summed E-state index contributed by atoms with van der Waals surface area (Å²) in [6.07, 6.45) is 1.50. The quantitative estimate of drug-likeness (QED) is 0.778. The fourth-order valence-electron chi connectivity index (χ4n) is 2.83. The van der Waals surface area contributed by atoms with Crippen LogP contribution in [0.1, 0.15) is 33.6 Å². The molecule has 1 heterocycles. The van der Waals surface area contributed by atoms with Gasteiger partial charge in [-0.15, -0.1) is 0 Å². The number of benzene rings is 1. The van der Waals surface area contributed by atoms with Gasteiger partial charge in [-0.25, -0.2) is 8.42 Å². The van der Waals surface area contributed by atoms with Gasteiger partial charge in [0, 0.05) is 23.0 Å². The molecule has 128 valence electrons. The van der Waals surface area contributed by atoms with Crippen molar-refractivity contribution in [3.8, 4) is 0 Å². The Bertz CT molecular complexity index is 654. The summed E-state index contributed by atoms with van der Waals surface area (Å²) in [6.45, 7) is 7.05. The Morgan fingerprint density at radius 2 is 1.70 bits per heavy atom. The first kappa shape index (κ1) is 18.5. The molecule has 0 saturated carbocycles. The van der Waals surface area contributed by atoms with Crippen LogP contribution >= 0.6 is 15.9 Å². The molecule has 1 fully saturated rings. The van der Waals surface area contributed by atoms with Crippen LogP contribution in [0.15, 0.2) is 33.6 Å². The number of hydrogen-bond acceptors (Lipinski definition) is 3. The summed E-state index contributed by atoms with van der Waals surface area (Å²) in [5.74, 6) is 0.422. The normalized spacial score (nSPS) is 17.3. The molecule has 0 spiro atoms. The predicted octanol–water partition coefficient (Wildman–Crippen LogP) is 3.51. The van der Waals surface area contributed by atoms with E-state index in [0.717, 1.165) is 17.3 Å². The Morgan fingerprint density at radius 3 is 2.17 bits per heavy atom. The maximum absolute atomic E-state index is 12.5. The molecule has 1 aliphatic rings. The van der Waals surface area contributed by atoms with E-state index in [1.807, 2.05) is 25.7 Å². The third-order valence-electron chi connectivity index (χ3n) is 4.17. The van der Waals surface area contributed by atoms with Gasteiger partial charge in [0.1, 0.15) is 0 Å². The van der Waals surface area contributed by atoms with Crippen molar-refractivity contribution in [2.24, 2.45) is 11.3 Å². The van der Waals surface area contributed by atoms with Crippen LogP contribution < -0.4 is 0 Å². The van der Waals surface area contributed by atoms with Gasteiger partial charge in [0.2, 0.25) is 5.91 Å². The first-order valence-corrected chi connectivity index (χ1v) is 10.3. The molecule has 2 rings (SSSR count). The molecule has 1 aromatic rings. The molecule has 4 nitrogen and oxygen atoms in total. The van der Waals surface area contributed by atoms with Crippen molar-refractivity contribution in [1.29, 1.82) is 0 Å². The second-order valence-corrected chi connectivity index (χ2v) is 10.2. The van der Waals surface area contributed by atoms with Gasteiger partial charge in [0.15, 0.2) is 9.84 Å². The topological polar surface area (TPSA) is 54.5 Å². The largest absolute Gasteiger partial charge is 0.342 e. The minimum Gasteiger partial charge on any atom is -0.342 e. The Labute approximate surface area is 147 Å². The number of piperidine rings is 1. The average Bonchev–Trinajstić information content (AvgIpc) is 2.46. The van der Waals surface area contributed by atoms with Crippen LogP contribution in [0.2, 0.25) is 0 Å². The van der Waals surface area contributed by atoms with Crippen LogP contribution in [0.4, 0.5) is 0 Å². The number of rotatable bonds is 3. The highest BCUT2D eigenvalue weighted by atomic mass is 79.9. The summed E-state index contributed by atoms with van der Waals surface area (Å²) >= 11 is 3.31. The Hall–Kier alpha value is -0.880. The molecule has 0 bridgehead atoms. The number of hydrogen-bond donors (Lipinski definition) is 0. The molecular weight excluding hydrogens is 378 g/mol. The molecule has 1 aromatic carbocycles. The van der Waals surface area contributed by atoms with Crippen LogP contribution in [-0.2, 0) is 14.6 Å². The van der Waals surface area contributed by atoms with E-state index < -0.39 is 9.84 Å². The van der Waals surface area contributed by atoms with Crippen molar-refractivity contribution in [3.63, 3.8) is 0 Å². The fraction of sp³-hybridized carbons (Fsp3) is 0.588. The number of nitrogens with zero attached hydrogens (tertiary/aromatic N) is 1. The van der Waals surface area contributed by atoms with Crippen LogP contribution in [0.5, 0.6) is 0 Å². The van der Waals surface area contributed by atoms with E-state index in [-0.39, 0.29) is 23.0 Å². The van der Waals surface area contributed by atoms with E-state index in [2.05, 4.69) is 15.9 Å². The Balaban J connectivity index is 1.96. The molecule has 0 N–H and O–H groups in total. The molecule has 23 heavy (non-hydrogen) atoms. The summed E-state index contributed by atoms with van der Waals surface area (Å²) in [7, 11) is -3.27. The van der Waals surface area contributed by atoms with E-state index in [1.165, 1.54) is 0 Å². The standard InChI is InChI=1S/C17H24BrNO3S/c1-17(2,3)16(20)19-10-8-13(9-11-19)12-23(21,22)15-6-4-14(18)5-7-15/h4-7,13H,8-12H2,1-3H3. The first-order chi connectivity index (χ1) is 10.6. The summed E-state index contributed by atoms with van der Waals surface area (Å²) < 4.78 is 25.8. The van der Waals surface area contributed by atoms with Gasteiger partial charge < -0.3 is 4.90 Å². The summed E-state index contributed by atoms with van der Waals surface area (Å²) in [5, 5.41) is 0. The van der Waals surface area contributed by atoms with Gasteiger partial charge in [-0.05, 0) is 43.0 Å². The minimum absolute atomic E-state index is 0.118. The summed E-state index contributed by atoms with van der Waals surface area (Å²) in [6, 6.07) is 6.77. The Kier molecular flexibility index (Phi) is 5.56. The van der Waals surface area contributed by atoms with E-state index in [1.54, 1.807) is 24.3 Å². The van der Waals surface area contributed by atoms with E-state index >= 15 is 0 Å². The average molecular weight is 402 g/mol. The van der Waals surface area contributed by atoms with Crippen molar-refractivity contribution < 1.29 is 13.2 Å². The van der Waals surface area contributed by atoms with E-state index in [4.69, 9.17) is 0 Å². The van der Waals surface area contributed by atoms with Crippen LogP contribution in [0.3, 0.4) is 0 Å². The number of carbonyl (C=O) groups excluding carboxylic acids is 1. The monoisotopic (exact) mass is 401 g/mol. The maximum Gasteiger partial charge on any atom is 0.227 e. The second-order valence-electron chi connectivity index (χ2n) is 7.22. The van der Waals surface area contributed by atoms with E-state index in [0.29, 0.717) is 18.0 Å². The predicted molar refractivity (Wildman–Crippen MR) is 95.0 cm³/mol. The molecule has 0 aromatic heterocycles. The third-order valence-corrected chi connectivity index (χ3v) is 6.60. The SMILES string of the molecule is CC(C)(C)C(=O)N1CCC(CS(=O)(=O)c2ccc(Br)cc2)CC1. The summed E-state index contributed by atoms with van der Waals surface area (Å²) in [5.41, 5.74) is -0.379. The summed E-state index contributed by atoms with van der Waals surface area (Å²) in [4.78, 5) is 14.5. The molecule has 1 amide bonds. The van der Waals surface area contributed by atoms with Crippen LogP contribution in [0, 0.1) is 11.3 Å². The lowest BCUT2D eigenvalue weighted by Gasteiger charge is -2.35. The van der Waals surface area contributed by atoms with Crippen molar-refractivity contribution in [1.82, 2.24) is 4.90 Å². The van der Waals surface area contributed by atoms with Gasteiger partial charge in [0.25, 0.3) is 0 Å². The molecule has 0 unspecified atom stereocenters. The van der Waals surface area contributed by atoms with Gasteiger partial charge >= 0.3 is 0 Å². The van der Waals surface area contributed by atoms with Gasteiger partial charge in [-0.3, -0.25) is 4.79 Å². The molecule has 6 heteroatoms. The van der Waals surface area contributed by atoms with Gasteiger partial charge in [0.05, 0.1) is 10.6 Å². The molecule has 0 aliphatic carbocycles. The molecular formula is C17H24BrNO3S. The second kappa shape index (κ2) is 6.93. The van der Waals surface area contributed by atoms with Crippen molar-refractivity contribution in [3.05, 3.63) is 28.7 Å².